The second kappa shape index (κ2) is 7.55. The number of ether oxygens (including phenoxy) is 4. The van der Waals surface area contributed by atoms with Crippen molar-refractivity contribution < 1.29 is 23.7 Å². The molecule has 0 aliphatic rings. The van der Waals surface area contributed by atoms with Crippen LogP contribution in [0.15, 0.2) is 30.8 Å². The number of carbonyl (C=O) groups excluding carboxylic acids is 1. The fourth-order valence-electron chi connectivity index (χ4n) is 2.60. The average Bonchev–Trinajstić information content (AvgIpc) is 2.65. The second-order valence-electron chi connectivity index (χ2n) is 4.88. The van der Waals surface area contributed by atoms with E-state index in [0.717, 1.165) is 11.8 Å². The highest BCUT2D eigenvalue weighted by Gasteiger charge is 2.20. The molecule has 2 rings (SSSR count). The van der Waals surface area contributed by atoms with Gasteiger partial charge in [0, 0.05) is 16.7 Å². The number of hydrogen-bond donors (Lipinski definition) is 0. The number of benzene rings is 2. The van der Waals surface area contributed by atoms with Crippen molar-refractivity contribution in [1.82, 2.24) is 0 Å². The number of aldehydes is 1. The third kappa shape index (κ3) is 2.93. The summed E-state index contributed by atoms with van der Waals surface area (Å²) in [6, 6.07) is 7.02. The van der Waals surface area contributed by atoms with E-state index in [0.29, 0.717) is 39.7 Å². The van der Waals surface area contributed by atoms with E-state index >= 15 is 0 Å². The maximum absolute atomic E-state index is 11.6. The van der Waals surface area contributed by atoms with Gasteiger partial charge in [-0.3, -0.25) is 4.79 Å². The Kier molecular flexibility index (Phi) is 5.47. The van der Waals surface area contributed by atoms with Crippen molar-refractivity contribution in [2.75, 3.05) is 28.4 Å². The molecule has 0 atom stereocenters. The molecule has 0 saturated carbocycles. The lowest BCUT2D eigenvalue weighted by atomic mass is 9.93. The summed E-state index contributed by atoms with van der Waals surface area (Å²) in [5.74, 6) is 2.07. The molecule has 0 aliphatic heterocycles. The highest BCUT2D eigenvalue weighted by molar-refractivity contribution is 5.94. The molecule has 0 N–H and O–H groups in total. The lowest BCUT2D eigenvalue weighted by molar-refractivity contribution is 0.112. The predicted molar refractivity (Wildman–Crippen MR) is 93.6 cm³/mol. The van der Waals surface area contributed by atoms with Gasteiger partial charge in [-0.1, -0.05) is 18.7 Å². The van der Waals surface area contributed by atoms with Crippen LogP contribution in [0.1, 0.15) is 15.9 Å². The molecule has 126 valence electrons. The standard InChI is InChI=1S/C19H20O5/c1-6-12-7-8-15(21-2)19(24-5)18(12)14-10-17(23-4)16(22-3)9-13(14)11-20/h6-11H,1H2,2-5H3. The quantitative estimate of drug-likeness (QED) is 0.723. The van der Waals surface area contributed by atoms with E-state index in [1.165, 1.54) is 7.11 Å². The Labute approximate surface area is 141 Å². The molecule has 0 saturated heterocycles. The van der Waals surface area contributed by atoms with Crippen molar-refractivity contribution >= 4 is 12.4 Å². The SMILES string of the molecule is C=Cc1ccc(OC)c(OC)c1-c1cc(OC)c(OC)cc1C=O. The molecule has 0 spiro atoms. The summed E-state index contributed by atoms with van der Waals surface area (Å²) >= 11 is 0. The third-order valence-corrected chi connectivity index (χ3v) is 3.75. The summed E-state index contributed by atoms with van der Waals surface area (Å²) < 4.78 is 21.5. The van der Waals surface area contributed by atoms with Crippen LogP contribution in [-0.4, -0.2) is 34.7 Å². The first-order valence-electron chi connectivity index (χ1n) is 7.24. The molecule has 2 aromatic carbocycles. The molecule has 0 aliphatic carbocycles. The molecule has 5 heteroatoms. The normalized spacial score (nSPS) is 10.0. The number of hydrogen-bond acceptors (Lipinski definition) is 5. The molecule has 0 bridgehead atoms. The maximum atomic E-state index is 11.6. The number of methoxy groups -OCH3 is 4. The molecule has 0 heterocycles. The molecule has 5 nitrogen and oxygen atoms in total. The Morgan fingerprint density at radius 3 is 1.96 bits per heavy atom. The highest BCUT2D eigenvalue weighted by atomic mass is 16.5. The van der Waals surface area contributed by atoms with E-state index in [-0.39, 0.29) is 0 Å². The van der Waals surface area contributed by atoms with Crippen LogP contribution in [0, 0.1) is 0 Å². The molecule has 0 fully saturated rings. The Balaban J connectivity index is 2.89. The topological polar surface area (TPSA) is 54.0 Å². The average molecular weight is 328 g/mol. The smallest absolute Gasteiger partial charge is 0.169 e. The summed E-state index contributed by atoms with van der Waals surface area (Å²) in [5, 5.41) is 0. The minimum atomic E-state index is 0.447. The van der Waals surface area contributed by atoms with E-state index < -0.39 is 0 Å². The Bertz CT molecular complexity index is 765. The summed E-state index contributed by atoms with van der Waals surface area (Å²) in [6.07, 6.45) is 2.46. The zero-order chi connectivity index (χ0) is 17.7. The lowest BCUT2D eigenvalue weighted by Crippen LogP contribution is -2.00. The van der Waals surface area contributed by atoms with Gasteiger partial charge in [0.25, 0.3) is 0 Å². The van der Waals surface area contributed by atoms with Crippen LogP contribution in [0.25, 0.3) is 17.2 Å². The van der Waals surface area contributed by atoms with Crippen LogP contribution in [-0.2, 0) is 0 Å². The zero-order valence-electron chi connectivity index (χ0n) is 14.2. The Morgan fingerprint density at radius 2 is 1.46 bits per heavy atom. The van der Waals surface area contributed by atoms with Gasteiger partial charge in [-0.05, 0) is 23.8 Å². The molecular formula is C19H20O5. The van der Waals surface area contributed by atoms with Gasteiger partial charge in [-0.25, -0.2) is 0 Å². The van der Waals surface area contributed by atoms with Crippen molar-refractivity contribution in [1.29, 1.82) is 0 Å². The van der Waals surface area contributed by atoms with Crippen molar-refractivity contribution in [3.05, 3.63) is 42.0 Å². The first-order chi connectivity index (χ1) is 11.6. The molecule has 0 amide bonds. The van der Waals surface area contributed by atoms with Crippen LogP contribution in [0.4, 0.5) is 0 Å². The summed E-state index contributed by atoms with van der Waals surface area (Å²) in [6.45, 7) is 3.84. The van der Waals surface area contributed by atoms with Gasteiger partial charge >= 0.3 is 0 Å². The fourth-order valence-corrected chi connectivity index (χ4v) is 2.60. The Morgan fingerprint density at radius 1 is 0.833 bits per heavy atom. The van der Waals surface area contributed by atoms with Crippen LogP contribution in [0.2, 0.25) is 0 Å². The van der Waals surface area contributed by atoms with Crippen molar-refractivity contribution in [3.63, 3.8) is 0 Å². The second-order valence-corrected chi connectivity index (χ2v) is 4.88. The number of rotatable bonds is 7. The van der Waals surface area contributed by atoms with E-state index in [4.69, 9.17) is 18.9 Å². The van der Waals surface area contributed by atoms with Crippen LogP contribution < -0.4 is 18.9 Å². The van der Waals surface area contributed by atoms with Crippen molar-refractivity contribution in [3.8, 4) is 34.1 Å². The third-order valence-electron chi connectivity index (χ3n) is 3.75. The van der Waals surface area contributed by atoms with Crippen LogP contribution in [0.5, 0.6) is 23.0 Å². The molecule has 0 aromatic heterocycles. The molecule has 2 aromatic rings. The fraction of sp³-hybridized carbons (Fsp3) is 0.211. The molecule has 0 unspecified atom stereocenters. The largest absolute Gasteiger partial charge is 0.493 e. The van der Waals surface area contributed by atoms with Gasteiger partial charge in [-0.2, -0.15) is 0 Å². The predicted octanol–water partition coefficient (Wildman–Crippen LogP) is 3.84. The van der Waals surface area contributed by atoms with Crippen LogP contribution in [0.3, 0.4) is 0 Å². The zero-order valence-corrected chi connectivity index (χ0v) is 14.2. The van der Waals surface area contributed by atoms with E-state index in [1.54, 1.807) is 45.6 Å². The van der Waals surface area contributed by atoms with Gasteiger partial charge in [0.05, 0.1) is 28.4 Å². The van der Waals surface area contributed by atoms with E-state index in [9.17, 15) is 4.79 Å². The maximum Gasteiger partial charge on any atom is 0.169 e. The first kappa shape index (κ1) is 17.4. The van der Waals surface area contributed by atoms with Gasteiger partial charge in [0.15, 0.2) is 29.3 Å². The van der Waals surface area contributed by atoms with Gasteiger partial charge in [0.1, 0.15) is 0 Å². The molecule has 24 heavy (non-hydrogen) atoms. The minimum Gasteiger partial charge on any atom is -0.493 e. The lowest BCUT2D eigenvalue weighted by Gasteiger charge is -2.18. The van der Waals surface area contributed by atoms with Gasteiger partial charge in [-0.15, -0.1) is 0 Å². The molecule has 0 radical (unpaired) electrons. The monoisotopic (exact) mass is 328 g/mol. The minimum absolute atomic E-state index is 0.447. The summed E-state index contributed by atoms with van der Waals surface area (Å²) in [5.41, 5.74) is 2.61. The van der Waals surface area contributed by atoms with Crippen molar-refractivity contribution in [2.24, 2.45) is 0 Å². The highest BCUT2D eigenvalue weighted by Crippen LogP contribution is 2.44. The van der Waals surface area contributed by atoms with Crippen molar-refractivity contribution in [2.45, 2.75) is 0 Å². The molecular weight excluding hydrogens is 308 g/mol. The summed E-state index contributed by atoms with van der Waals surface area (Å²) in [7, 11) is 6.17. The summed E-state index contributed by atoms with van der Waals surface area (Å²) in [4.78, 5) is 11.6. The number of carbonyl (C=O) groups is 1. The van der Waals surface area contributed by atoms with Gasteiger partial charge in [0.2, 0.25) is 0 Å². The van der Waals surface area contributed by atoms with E-state index in [2.05, 4.69) is 6.58 Å². The van der Waals surface area contributed by atoms with Gasteiger partial charge < -0.3 is 18.9 Å². The van der Waals surface area contributed by atoms with Crippen LogP contribution >= 0.6 is 0 Å². The first-order valence-corrected chi connectivity index (χ1v) is 7.24. The Hall–Kier alpha value is -2.95. The van der Waals surface area contributed by atoms with E-state index in [1.807, 2.05) is 6.07 Å².